The largest absolute Gasteiger partial charge is 0.507 e. The van der Waals surface area contributed by atoms with Crippen LogP contribution in [0.5, 0.6) is 17.2 Å². The highest BCUT2D eigenvalue weighted by atomic mass is 16.5. The average Bonchev–Trinajstić information content (AvgIpc) is 2.52. The van der Waals surface area contributed by atoms with Crippen LogP contribution in [0, 0.1) is 0 Å². The molecular weight excluding hydrogens is 266 g/mol. The van der Waals surface area contributed by atoms with Gasteiger partial charge in [-0.05, 0) is 42.8 Å². The van der Waals surface area contributed by atoms with E-state index >= 15 is 0 Å². The summed E-state index contributed by atoms with van der Waals surface area (Å²) in [5.41, 5.74) is 1.44. The van der Waals surface area contributed by atoms with E-state index in [-0.39, 0.29) is 5.75 Å². The van der Waals surface area contributed by atoms with Crippen molar-refractivity contribution >= 4 is 11.9 Å². The average molecular weight is 285 g/mol. The lowest BCUT2D eigenvalue weighted by Gasteiger charge is -2.06. The summed E-state index contributed by atoms with van der Waals surface area (Å²) < 4.78 is 10.6. The van der Waals surface area contributed by atoms with E-state index in [4.69, 9.17) is 9.47 Å². The van der Waals surface area contributed by atoms with Crippen molar-refractivity contribution in [3.8, 4) is 17.2 Å². The summed E-state index contributed by atoms with van der Waals surface area (Å²) >= 11 is 0. The Morgan fingerprint density at radius 2 is 1.81 bits per heavy atom. The normalized spacial score (nSPS) is 10.8. The summed E-state index contributed by atoms with van der Waals surface area (Å²) in [5.74, 6) is 1.60. The van der Waals surface area contributed by atoms with Gasteiger partial charge in [-0.25, -0.2) is 0 Å². The zero-order valence-electron chi connectivity index (χ0n) is 12.2. The van der Waals surface area contributed by atoms with Gasteiger partial charge in [0.25, 0.3) is 0 Å². The summed E-state index contributed by atoms with van der Waals surface area (Å²) in [7, 11) is 1.62. The van der Waals surface area contributed by atoms with E-state index in [2.05, 4.69) is 4.99 Å². The van der Waals surface area contributed by atoms with E-state index in [1.807, 2.05) is 37.3 Å². The highest BCUT2D eigenvalue weighted by Gasteiger charge is 2.01. The van der Waals surface area contributed by atoms with E-state index in [1.54, 1.807) is 25.5 Å². The molecule has 0 saturated heterocycles. The number of nitrogens with zero attached hydrogens (tertiary/aromatic N) is 1. The number of rotatable bonds is 6. The number of aromatic hydroxyl groups is 1. The van der Waals surface area contributed by atoms with Crippen LogP contribution in [0.2, 0.25) is 0 Å². The molecule has 2 aromatic rings. The minimum atomic E-state index is 0.154. The number of methoxy groups -OCH3 is 1. The van der Waals surface area contributed by atoms with Crippen molar-refractivity contribution in [1.29, 1.82) is 0 Å². The molecule has 0 aliphatic rings. The Bertz CT molecular complexity index is 606. The molecule has 2 rings (SSSR count). The molecule has 0 aliphatic carbocycles. The number of phenols is 1. The van der Waals surface area contributed by atoms with Crippen LogP contribution in [0.4, 0.5) is 5.69 Å². The number of ether oxygens (including phenoxy) is 2. The van der Waals surface area contributed by atoms with E-state index in [0.717, 1.165) is 17.9 Å². The van der Waals surface area contributed by atoms with Gasteiger partial charge in [-0.15, -0.1) is 0 Å². The fourth-order valence-corrected chi connectivity index (χ4v) is 1.75. The molecule has 0 aliphatic heterocycles. The summed E-state index contributed by atoms with van der Waals surface area (Å²) in [4.78, 5) is 4.32. The van der Waals surface area contributed by atoms with Crippen molar-refractivity contribution in [1.82, 2.24) is 0 Å². The molecule has 0 aromatic heterocycles. The highest BCUT2D eigenvalue weighted by Crippen LogP contribution is 2.24. The number of hydrogen-bond donors (Lipinski definition) is 1. The fourth-order valence-electron chi connectivity index (χ4n) is 1.75. The van der Waals surface area contributed by atoms with Crippen LogP contribution in [0.15, 0.2) is 47.5 Å². The molecule has 1 N–H and O–H groups in total. The lowest BCUT2D eigenvalue weighted by atomic mass is 10.2. The van der Waals surface area contributed by atoms with Gasteiger partial charge in [0, 0.05) is 17.8 Å². The third-order valence-electron chi connectivity index (χ3n) is 2.90. The summed E-state index contributed by atoms with van der Waals surface area (Å²) in [6.07, 6.45) is 2.56. The Morgan fingerprint density at radius 1 is 1.10 bits per heavy atom. The first-order valence-electron chi connectivity index (χ1n) is 6.87. The monoisotopic (exact) mass is 285 g/mol. The zero-order valence-corrected chi connectivity index (χ0v) is 12.2. The second kappa shape index (κ2) is 7.33. The zero-order chi connectivity index (χ0) is 15.1. The summed E-state index contributed by atoms with van der Waals surface area (Å²) in [5, 5.41) is 9.96. The van der Waals surface area contributed by atoms with Crippen LogP contribution in [-0.2, 0) is 0 Å². The Balaban J connectivity index is 2.09. The maximum atomic E-state index is 9.96. The molecular formula is C17H19NO3. The topological polar surface area (TPSA) is 51.0 Å². The van der Waals surface area contributed by atoms with Crippen LogP contribution in [0.1, 0.15) is 18.9 Å². The van der Waals surface area contributed by atoms with Crippen LogP contribution >= 0.6 is 0 Å². The van der Waals surface area contributed by atoms with E-state index in [9.17, 15) is 5.11 Å². The number of hydrogen-bond acceptors (Lipinski definition) is 4. The SMILES string of the molecule is CCCOc1ccc(C=Nc2ccc(OC)cc2)c(O)c1. The quantitative estimate of drug-likeness (QED) is 0.818. The Labute approximate surface area is 124 Å². The lowest BCUT2D eigenvalue weighted by molar-refractivity contribution is 0.315. The van der Waals surface area contributed by atoms with Crippen molar-refractivity contribution in [3.63, 3.8) is 0 Å². The Hall–Kier alpha value is -2.49. The van der Waals surface area contributed by atoms with E-state index in [1.165, 1.54) is 0 Å². The first kappa shape index (κ1) is 14.9. The minimum Gasteiger partial charge on any atom is -0.507 e. The third-order valence-corrected chi connectivity index (χ3v) is 2.90. The molecule has 21 heavy (non-hydrogen) atoms. The summed E-state index contributed by atoms with van der Waals surface area (Å²) in [6, 6.07) is 12.6. The molecule has 0 heterocycles. The number of benzene rings is 2. The molecule has 0 spiro atoms. The van der Waals surface area contributed by atoms with Crippen molar-refractivity contribution < 1.29 is 14.6 Å². The van der Waals surface area contributed by atoms with E-state index in [0.29, 0.717) is 17.9 Å². The maximum absolute atomic E-state index is 9.96. The first-order chi connectivity index (χ1) is 10.2. The molecule has 4 heteroatoms. The van der Waals surface area contributed by atoms with Crippen molar-refractivity contribution in [2.45, 2.75) is 13.3 Å². The molecule has 2 aromatic carbocycles. The van der Waals surface area contributed by atoms with E-state index < -0.39 is 0 Å². The standard InChI is InChI=1S/C17H19NO3/c1-3-10-21-16-7-4-13(17(19)11-16)12-18-14-5-8-15(20-2)9-6-14/h4-9,11-12,19H,3,10H2,1-2H3. The van der Waals surface area contributed by atoms with Gasteiger partial charge in [0.2, 0.25) is 0 Å². The van der Waals surface area contributed by atoms with Crippen LogP contribution in [0.3, 0.4) is 0 Å². The van der Waals surface area contributed by atoms with Crippen molar-refractivity contribution in [2.75, 3.05) is 13.7 Å². The number of aliphatic imine (C=N–C) groups is 1. The first-order valence-corrected chi connectivity index (χ1v) is 6.87. The predicted molar refractivity (Wildman–Crippen MR) is 84.1 cm³/mol. The molecule has 0 atom stereocenters. The van der Waals surface area contributed by atoms with Crippen molar-refractivity contribution in [3.05, 3.63) is 48.0 Å². The van der Waals surface area contributed by atoms with Crippen molar-refractivity contribution in [2.24, 2.45) is 4.99 Å². The third kappa shape index (κ3) is 4.24. The lowest BCUT2D eigenvalue weighted by Crippen LogP contribution is -1.95. The molecule has 110 valence electrons. The van der Waals surface area contributed by atoms with Crippen LogP contribution in [-0.4, -0.2) is 25.0 Å². The minimum absolute atomic E-state index is 0.154. The molecule has 0 saturated carbocycles. The molecule has 0 unspecified atom stereocenters. The second-order valence-electron chi connectivity index (χ2n) is 4.53. The Morgan fingerprint density at radius 3 is 2.43 bits per heavy atom. The molecule has 0 amide bonds. The number of phenolic OH excluding ortho intramolecular Hbond substituents is 1. The van der Waals surface area contributed by atoms with Gasteiger partial charge >= 0.3 is 0 Å². The Kier molecular flexibility index (Phi) is 5.21. The molecule has 0 bridgehead atoms. The molecule has 0 radical (unpaired) electrons. The van der Waals surface area contributed by atoms with Gasteiger partial charge in [0.1, 0.15) is 17.2 Å². The van der Waals surface area contributed by atoms with Gasteiger partial charge in [-0.3, -0.25) is 4.99 Å². The molecule has 0 fully saturated rings. The van der Waals surface area contributed by atoms with Gasteiger partial charge in [0.05, 0.1) is 19.4 Å². The fraction of sp³-hybridized carbons (Fsp3) is 0.235. The summed E-state index contributed by atoms with van der Waals surface area (Å²) in [6.45, 7) is 2.68. The highest BCUT2D eigenvalue weighted by molar-refractivity contribution is 5.85. The van der Waals surface area contributed by atoms with Gasteiger partial charge in [-0.1, -0.05) is 6.92 Å². The van der Waals surface area contributed by atoms with Gasteiger partial charge < -0.3 is 14.6 Å². The van der Waals surface area contributed by atoms with Gasteiger partial charge in [0.15, 0.2) is 0 Å². The molecule has 4 nitrogen and oxygen atoms in total. The maximum Gasteiger partial charge on any atom is 0.128 e. The second-order valence-corrected chi connectivity index (χ2v) is 4.53. The smallest absolute Gasteiger partial charge is 0.128 e. The van der Waals surface area contributed by atoms with Crippen LogP contribution < -0.4 is 9.47 Å². The van der Waals surface area contributed by atoms with Crippen LogP contribution in [0.25, 0.3) is 0 Å². The predicted octanol–water partition coefficient (Wildman–Crippen LogP) is 3.94. The van der Waals surface area contributed by atoms with Gasteiger partial charge in [-0.2, -0.15) is 0 Å².